The largest absolute Gasteiger partial charge is 0.497 e. The van der Waals surface area contributed by atoms with Crippen LogP contribution < -0.4 is 14.8 Å². The maximum atomic E-state index is 13.4. The molecule has 0 aliphatic heterocycles. The Morgan fingerprint density at radius 1 is 0.914 bits per heavy atom. The molecule has 186 valence electrons. The number of methoxy groups -OCH3 is 1. The number of ether oxygens (including phenoxy) is 1. The van der Waals surface area contributed by atoms with Crippen LogP contribution >= 0.6 is 0 Å². The van der Waals surface area contributed by atoms with Crippen molar-refractivity contribution in [3.63, 3.8) is 0 Å². The fourth-order valence-electron chi connectivity index (χ4n) is 3.28. The number of carbonyl (C=O) groups excluding carboxylic acids is 1. The van der Waals surface area contributed by atoms with Crippen molar-refractivity contribution < 1.29 is 26.4 Å². The van der Waals surface area contributed by atoms with E-state index in [0.29, 0.717) is 16.9 Å². The summed E-state index contributed by atoms with van der Waals surface area (Å²) < 4.78 is 59.6. The molecule has 0 radical (unpaired) electrons. The number of anilines is 1. The van der Waals surface area contributed by atoms with Crippen molar-refractivity contribution in [2.75, 3.05) is 26.0 Å². The first-order chi connectivity index (χ1) is 16.6. The Morgan fingerprint density at radius 3 is 2.14 bits per heavy atom. The number of nitrogens with zero attached hydrogens (tertiary/aromatic N) is 1. The second kappa shape index (κ2) is 11.0. The van der Waals surface area contributed by atoms with E-state index < -0.39 is 32.5 Å². The van der Waals surface area contributed by atoms with E-state index in [1.54, 1.807) is 37.3 Å². The minimum Gasteiger partial charge on any atom is -0.497 e. The molecule has 0 heterocycles. The molecule has 0 atom stereocenters. The summed E-state index contributed by atoms with van der Waals surface area (Å²) in [4.78, 5) is 13.0. The minimum absolute atomic E-state index is 0.0142. The van der Waals surface area contributed by atoms with Gasteiger partial charge in [-0.3, -0.25) is 4.79 Å². The summed E-state index contributed by atoms with van der Waals surface area (Å²) in [7, 11) is -4.99. The van der Waals surface area contributed by atoms with Gasteiger partial charge < -0.3 is 10.1 Å². The second-order valence-electron chi connectivity index (χ2n) is 7.67. The fourth-order valence-corrected chi connectivity index (χ4v) is 5.42. The van der Waals surface area contributed by atoms with Crippen molar-refractivity contribution in [1.82, 2.24) is 9.03 Å². The molecule has 0 aromatic heterocycles. The smallest absolute Gasteiger partial charge is 0.243 e. The number of amides is 1. The summed E-state index contributed by atoms with van der Waals surface area (Å²) in [5.74, 6) is -0.108. The zero-order valence-corrected chi connectivity index (χ0v) is 21.2. The molecular weight excluding hydrogens is 490 g/mol. The van der Waals surface area contributed by atoms with Gasteiger partial charge in [0.25, 0.3) is 0 Å². The number of benzene rings is 3. The van der Waals surface area contributed by atoms with E-state index in [9.17, 15) is 21.6 Å². The van der Waals surface area contributed by atoms with Crippen LogP contribution in [0.3, 0.4) is 0 Å². The molecule has 0 spiro atoms. The van der Waals surface area contributed by atoms with Crippen molar-refractivity contribution in [2.45, 2.75) is 23.3 Å². The number of carbonyl (C=O) groups is 1. The number of rotatable bonds is 10. The summed E-state index contributed by atoms with van der Waals surface area (Å²) in [6.07, 6.45) is 0. The molecule has 0 saturated carbocycles. The first-order valence-electron chi connectivity index (χ1n) is 10.6. The van der Waals surface area contributed by atoms with Gasteiger partial charge in [-0.25, -0.2) is 21.6 Å². The van der Waals surface area contributed by atoms with Crippen LogP contribution in [0.2, 0.25) is 0 Å². The Hall–Kier alpha value is -3.25. The highest BCUT2D eigenvalue weighted by atomic mass is 32.2. The Balaban J connectivity index is 1.90. The molecular formula is C24H27N3O6S2. The van der Waals surface area contributed by atoms with E-state index >= 15 is 0 Å². The molecule has 0 fully saturated rings. The molecule has 0 unspecified atom stereocenters. The molecule has 0 bridgehead atoms. The molecule has 3 aromatic carbocycles. The third kappa shape index (κ3) is 6.45. The maximum absolute atomic E-state index is 13.4. The van der Waals surface area contributed by atoms with Crippen LogP contribution in [0.25, 0.3) is 0 Å². The van der Waals surface area contributed by atoms with Gasteiger partial charge in [-0.15, -0.1) is 0 Å². The predicted molar refractivity (Wildman–Crippen MR) is 133 cm³/mol. The quantitative estimate of drug-likeness (QED) is 0.427. The van der Waals surface area contributed by atoms with Crippen LogP contribution in [-0.2, 0) is 31.4 Å². The van der Waals surface area contributed by atoms with Gasteiger partial charge in [0.05, 0.1) is 23.4 Å². The number of hydrogen-bond acceptors (Lipinski definition) is 6. The van der Waals surface area contributed by atoms with Crippen molar-refractivity contribution >= 4 is 31.6 Å². The van der Waals surface area contributed by atoms with Gasteiger partial charge in [0, 0.05) is 12.2 Å². The van der Waals surface area contributed by atoms with E-state index in [1.165, 1.54) is 50.6 Å². The summed E-state index contributed by atoms with van der Waals surface area (Å²) in [5, 5.41) is 2.65. The van der Waals surface area contributed by atoms with Crippen LogP contribution in [-0.4, -0.2) is 47.8 Å². The average Bonchev–Trinajstić information content (AvgIpc) is 2.85. The SMILES string of the molecule is CNS(=O)(=O)c1ccc(C)c(NC(=O)CN(Cc2ccccc2)S(=O)(=O)c2ccc(OC)cc2)c1. The van der Waals surface area contributed by atoms with Crippen molar-refractivity contribution in [3.05, 3.63) is 83.9 Å². The Labute approximate surface area is 205 Å². The number of hydrogen-bond donors (Lipinski definition) is 2. The highest BCUT2D eigenvalue weighted by molar-refractivity contribution is 7.89. The molecule has 2 N–H and O–H groups in total. The maximum Gasteiger partial charge on any atom is 0.243 e. The van der Waals surface area contributed by atoms with E-state index in [1.807, 2.05) is 6.07 Å². The van der Waals surface area contributed by atoms with Crippen LogP contribution in [0.5, 0.6) is 5.75 Å². The topological polar surface area (TPSA) is 122 Å². The molecule has 0 aliphatic carbocycles. The van der Waals surface area contributed by atoms with Crippen LogP contribution in [0, 0.1) is 6.92 Å². The molecule has 0 aliphatic rings. The summed E-state index contributed by atoms with van der Waals surface area (Å²) in [5.41, 5.74) is 1.60. The van der Waals surface area contributed by atoms with Crippen molar-refractivity contribution in [3.8, 4) is 5.75 Å². The van der Waals surface area contributed by atoms with Gasteiger partial charge in [0.15, 0.2) is 0 Å². The molecule has 11 heteroatoms. The monoisotopic (exact) mass is 517 g/mol. The third-order valence-corrected chi connectivity index (χ3v) is 8.50. The highest BCUT2D eigenvalue weighted by Crippen LogP contribution is 2.23. The molecule has 0 saturated heterocycles. The second-order valence-corrected chi connectivity index (χ2v) is 11.5. The standard InChI is InChI=1S/C24H27N3O6S2/c1-18-9-12-22(34(29,30)25-2)15-23(18)26-24(28)17-27(16-19-7-5-4-6-8-19)35(31,32)21-13-10-20(33-3)11-14-21/h4-15,25H,16-17H2,1-3H3,(H,26,28). The van der Waals surface area contributed by atoms with Gasteiger partial charge >= 0.3 is 0 Å². The Morgan fingerprint density at radius 2 is 1.54 bits per heavy atom. The minimum atomic E-state index is -4.05. The lowest BCUT2D eigenvalue weighted by Gasteiger charge is -2.22. The Bertz CT molecular complexity index is 1390. The first kappa shape index (κ1) is 26.4. The summed E-state index contributed by atoms with van der Waals surface area (Å²) in [6.45, 7) is 1.20. The van der Waals surface area contributed by atoms with Crippen LogP contribution in [0.1, 0.15) is 11.1 Å². The van der Waals surface area contributed by atoms with Crippen molar-refractivity contribution in [2.24, 2.45) is 0 Å². The van der Waals surface area contributed by atoms with E-state index in [-0.39, 0.29) is 22.0 Å². The Kier molecular flexibility index (Phi) is 8.28. The first-order valence-corrected chi connectivity index (χ1v) is 13.5. The van der Waals surface area contributed by atoms with E-state index in [2.05, 4.69) is 10.0 Å². The molecule has 1 amide bonds. The molecule has 3 aromatic rings. The normalized spacial score (nSPS) is 11.9. The van der Waals surface area contributed by atoms with Crippen molar-refractivity contribution in [1.29, 1.82) is 0 Å². The lowest BCUT2D eigenvalue weighted by atomic mass is 10.2. The van der Waals surface area contributed by atoms with Crippen LogP contribution in [0.4, 0.5) is 5.69 Å². The lowest BCUT2D eigenvalue weighted by molar-refractivity contribution is -0.116. The molecule has 9 nitrogen and oxygen atoms in total. The zero-order chi connectivity index (χ0) is 25.6. The third-order valence-electron chi connectivity index (χ3n) is 5.28. The van der Waals surface area contributed by atoms with E-state index in [4.69, 9.17) is 4.74 Å². The van der Waals surface area contributed by atoms with E-state index in [0.717, 1.165) is 4.31 Å². The van der Waals surface area contributed by atoms with Gasteiger partial charge in [-0.05, 0) is 61.5 Å². The van der Waals surface area contributed by atoms with Gasteiger partial charge in [-0.1, -0.05) is 36.4 Å². The number of aryl methyl sites for hydroxylation is 1. The lowest BCUT2D eigenvalue weighted by Crippen LogP contribution is -2.37. The fraction of sp³-hybridized carbons (Fsp3) is 0.208. The molecule has 35 heavy (non-hydrogen) atoms. The van der Waals surface area contributed by atoms with Gasteiger partial charge in [0.2, 0.25) is 26.0 Å². The number of nitrogens with one attached hydrogen (secondary N) is 2. The average molecular weight is 518 g/mol. The van der Waals surface area contributed by atoms with Gasteiger partial charge in [0.1, 0.15) is 5.75 Å². The summed E-state index contributed by atoms with van der Waals surface area (Å²) in [6, 6.07) is 19.1. The summed E-state index contributed by atoms with van der Waals surface area (Å²) >= 11 is 0. The van der Waals surface area contributed by atoms with Gasteiger partial charge in [-0.2, -0.15) is 4.31 Å². The zero-order valence-electron chi connectivity index (χ0n) is 19.6. The number of sulfonamides is 2. The van der Waals surface area contributed by atoms with Crippen LogP contribution in [0.15, 0.2) is 82.6 Å². The highest BCUT2D eigenvalue weighted by Gasteiger charge is 2.27. The predicted octanol–water partition coefficient (Wildman–Crippen LogP) is 2.74. The molecule has 3 rings (SSSR count).